The fourth-order valence-corrected chi connectivity index (χ4v) is 2.87. The van der Waals surface area contributed by atoms with Gasteiger partial charge in [0.2, 0.25) is 0 Å². The molecule has 2 amide bonds. The van der Waals surface area contributed by atoms with Crippen molar-refractivity contribution in [2.45, 2.75) is 39.8 Å². The maximum absolute atomic E-state index is 13.1. The lowest BCUT2D eigenvalue weighted by atomic mass is 9.86. The monoisotopic (exact) mass is 373 g/mol. The van der Waals surface area contributed by atoms with Crippen LogP contribution in [0.15, 0.2) is 48.8 Å². The molecule has 0 spiro atoms. The molecule has 0 aliphatic rings. The molecule has 2 rings (SSSR count). The predicted molar refractivity (Wildman–Crippen MR) is 103 cm³/mol. The lowest BCUT2D eigenvalue weighted by Crippen LogP contribution is -2.43. The number of carbonyl (C=O) groups is 1. The standard InChI is InChI=1S/C21H28FN3O2/c1-21(2,3)13-19(17-5-4-10-23-14-17)24-20(27)25(11-12-26)15-16-6-8-18(22)9-7-16/h4-10,14,19,26H,11-13,15H2,1-3H3,(H,24,27). The molecule has 0 saturated heterocycles. The molecule has 1 heterocycles. The van der Waals surface area contributed by atoms with E-state index in [1.165, 1.54) is 17.0 Å². The second kappa shape index (κ2) is 9.46. The summed E-state index contributed by atoms with van der Waals surface area (Å²) in [5, 5.41) is 12.4. The topological polar surface area (TPSA) is 65.5 Å². The average Bonchev–Trinajstić information content (AvgIpc) is 2.62. The van der Waals surface area contributed by atoms with Crippen molar-refractivity contribution in [1.82, 2.24) is 15.2 Å². The van der Waals surface area contributed by atoms with Crippen molar-refractivity contribution in [3.05, 3.63) is 65.7 Å². The van der Waals surface area contributed by atoms with Crippen LogP contribution in [0.5, 0.6) is 0 Å². The van der Waals surface area contributed by atoms with Gasteiger partial charge < -0.3 is 15.3 Å². The highest BCUT2D eigenvalue weighted by molar-refractivity contribution is 5.74. The predicted octanol–water partition coefficient (Wildman–Crippen LogP) is 3.90. The number of nitrogens with one attached hydrogen (secondary N) is 1. The van der Waals surface area contributed by atoms with Crippen LogP contribution in [0.1, 0.15) is 44.4 Å². The van der Waals surface area contributed by atoms with Crippen LogP contribution in [-0.4, -0.2) is 34.2 Å². The number of urea groups is 1. The first-order valence-electron chi connectivity index (χ1n) is 9.09. The summed E-state index contributed by atoms with van der Waals surface area (Å²) >= 11 is 0. The van der Waals surface area contributed by atoms with Gasteiger partial charge in [0.1, 0.15) is 5.82 Å². The highest BCUT2D eigenvalue weighted by atomic mass is 19.1. The number of nitrogens with zero attached hydrogens (tertiary/aromatic N) is 2. The molecule has 0 bridgehead atoms. The summed E-state index contributed by atoms with van der Waals surface area (Å²) in [6.07, 6.45) is 4.20. The smallest absolute Gasteiger partial charge is 0.318 e. The third-order valence-electron chi connectivity index (χ3n) is 4.14. The average molecular weight is 373 g/mol. The Kier molecular flexibility index (Phi) is 7.30. The van der Waals surface area contributed by atoms with E-state index in [1.54, 1.807) is 24.5 Å². The number of benzene rings is 1. The first kappa shape index (κ1) is 20.8. The molecule has 0 aliphatic carbocycles. The van der Waals surface area contributed by atoms with Crippen LogP contribution >= 0.6 is 0 Å². The fraction of sp³-hybridized carbons (Fsp3) is 0.429. The van der Waals surface area contributed by atoms with Crippen molar-refractivity contribution < 1.29 is 14.3 Å². The summed E-state index contributed by atoms with van der Waals surface area (Å²) in [4.78, 5) is 18.6. The number of pyridine rings is 1. The molecule has 6 heteroatoms. The third kappa shape index (κ3) is 6.98. The number of amides is 2. The quantitative estimate of drug-likeness (QED) is 0.773. The maximum Gasteiger partial charge on any atom is 0.318 e. The van der Waals surface area contributed by atoms with Crippen molar-refractivity contribution in [1.29, 1.82) is 0 Å². The lowest BCUT2D eigenvalue weighted by molar-refractivity contribution is 0.167. The van der Waals surface area contributed by atoms with E-state index >= 15 is 0 Å². The Morgan fingerprint density at radius 2 is 1.96 bits per heavy atom. The number of hydrogen-bond donors (Lipinski definition) is 2. The molecule has 1 unspecified atom stereocenters. The number of carbonyl (C=O) groups excluding carboxylic acids is 1. The summed E-state index contributed by atoms with van der Waals surface area (Å²) in [5.74, 6) is -0.321. The van der Waals surface area contributed by atoms with E-state index in [4.69, 9.17) is 0 Å². The van der Waals surface area contributed by atoms with Gasteiger partial charge in [0.15, 0.2) is 0 Å². The molecule has 0 aliphatic heterocycles. The van der Waals surface area contributed by atoms with E-state index in [2.05, 4.69) is 31.1 Å². The van der Waals surface area contributed by atoms with Gasteiger partial charge in [0.25, 0.3) is 0 Å². The van der Waals surface area contributed by atoms with E-state index in [0.717, 1.165) is 17.5 Å². The van der Waals surface area contributed by atoms with Crippen LogP contribution in [0.25, 0.3) is 0 Å². The number of rotatable bonds is 7. The molecule has 0 saturated carbocycles. The fourth-order valence-electron chi connectivity index (χ4n) is 2.87. The van der Waals surface area contributed by atoms with Crippen molar-refractivity contribution in [3.63, 3.8) is 0 Å². The van der Waals surface area contributed by atoms with E-state index in [-0.39, 0.29) is 36.5 Å². The van der Waals surface area contributed by atoms with Crippen LogP contribution < -0.4 is 5.32 Å². The minimum absolute atomic E-state index is 0.00650. The van der Waals surface area contributed by atoms with Gasteiger partial charge in [0.05, 0.1) is 12.6 Å². The van der Waals surface area contributed by atoms with Gasteiger partial charge in [-0.05, 0) is 41.2 Å². The molecule has 2 aromatic rings. The molecule has 5 nitrogen and oxygen atoms in total. The molecule has 0 radical (unpaired) electrons. The van der Waals surface area contributed by atoms with Crippen molar-refractivity contribution in [2.75, 3.05) is 13.2 Å². The first-order valence-corrected chi connectivity index (χ1v) is 9.09. The van der Waals surface area contributed by atoms with Crippen LogP contribution in [0.2, 0.25) is 0 Å². The number of aliphatic hydroxyl groups excluding tert-OH is 1. The highest BCUT2D eigenvalue weighted by Gasteiger charge is 2.24. The Balaban J connectivity index is 2.15. The second-order valence-electron chi connectivity index (χ2n) is 7.82. The van der Waals surface area contributed by atoms with E-state index in [9.17, 15) is 14.3 Å². The summed E-state index contributed by atoms with van der Waals surface area (Å²) in [5.41, 5.74) is 1.74. The summed E-state index contributed by atoms with van der Waals surface area (Å²) < 4.78 is 13.1. The molecule has 2 N–H and O–H groups in total. The molecular weight excluding hydrogens is 345 g/mol. The van der Waals surface area contributed by atoms with Gasteiger partial charge in [-0.25, -0.2) is 9.18 Å². The molecule has 1 aromatic carbocycles. The number of hydrogen-bond acceptors (Lipinski definition) is 3. The van der Waals surface area contributed by atoms with Crippen molar-refractivity contribution in [2.24, 2.45) is 5.41 Å². The molecule has 146 valence electrons. The van der Waals surface area contributed by atoms with Gasteiger partial charge >= 0.3 is 6.03 Å². The van der Waals surface area contributed by atoms with E-state index in [1.807, 2.05) is 12.1 Å². The third-order valence-corrected chi connectivity index (χ3v) is 4.14. The lowest BCUT2D eigenvalue weighted by Gasteiger charge is -2.30. The zero-order valence-corrected chi connectivity index (χ0v) is 16.2. The minimum atomic E-state index is -0.321. The van der Waals surface area contributed by atoms with Gasteiger partial charge in [-0.2, -0.15) is 0 Å². The number of halogens is 1. The largest absolute Gasteiger partial charge is 0.395 e. The molecule has 0 fully saturated rings. The van der Waals surface area contributed by atoms with Gasteiger partial charge in [-0.1, -0.05) is 39.0 Å². The van der Waals surface area contributed by atoms with Crippen LogP contribution in [0, 0.1) is 11.2 Å². The Hall–Kier alpha value is -2.47. The Bertz CT molecular complexity index is 714. The Labute approximate surface area is 160 Å². The van der Waals surface area contributed by atoms with Crippen molar-refractivity contribution in [3.8, 4) is 0 Å². The van der Waals surface area contributed by atoms with Crippen LogP contribution in [0.4, 0.5) is 9.18 Å². The van der Waals surface area contributed by atoms with Gasteiger partial charge in [-0.3, -0.25) is 4.98 Å². The SMILES string of the molecule is CC(C)(C)CC(NC(=O)N(CCO)Cc1ccc(F)cc1)c1cccnc1. The summed E-state index contributed by atoms with van der Waals surface area (Å²) in [6, 6.07) is 9.33. The number of aromatic nitrogens is 1. The number of aliphatic hydroxyl groups is 1. The molecular formula is C21H28FN3O2. The highest BCUT2D eigenvalue weighted by Crippen LogP contribution is 2.29. The molecule has 1 aromatic heterocycles. The Morgan fingerprint density at radius 3 is 2.52 bits per heavy atom. The molecule has 1 atom stereocenters. The minimum Gasteiger partial charge on any atom is -0.395 e. The zero-order valence-electron chi connectivity index (χ0n) is 16.2. The van der Waals surface area contributed by atoms with Crippen LogP contribution in [0.3, 0.4) is 0 Å². The Morgan fingerprint density at radius 1 is 1.26 bits per heavy atom. The van der Waals surface area contributed by atoms with Crippen molar-refractivity contribution >= 4 is 6.03 Å². The summed E-state index contributed by atoms with van der Waals surface area (Å²) in [6.45, 7) is 6.69. The maximum atomic E-state index is 13.1. The summed E-state index contributed by atoms with van der Waals surface area (Å²) in [7, 11) is 0. The van der Waals surface area contributed by atoms with E-state index in [0.29, 0.717) is 6.54 Å². The first-order chi connectivity index (χ1) is 12.8. The second-order valence-corrected chi connectivity index (χ2v) is 7.82. The molecule has 27 heavy (non-hydrogen) atoms. The normalized spacial score (nSPS) is 12.5. The zero-order chi connectivity index (χ0) is 19.9. The van der Waals surface area contributed by atoms with Gasteiger partial charge in [0, 0.05) is 25.5 Å². The van der Waals surface area contributed by atoms with E-state index < -0.39 is 0 Å². The van der Waals surface area contributed by atoms with Gasteiger partial charge in [-0.15, -0.1) is 0 Å². The van der Waals surface area contributed by atoms with Crippen LogP contribution in [-0.2, 0) is 6.54 Å².